The maximum absolute atomic E-state index is 15.3. The minimum Gasteiger partial charge on any atom is -0.463 e. The molecule has 7 atom stereocenters. The number of hydrogen-bond acceptors (Lipinski definition) is 7. The van der Waals surface area contributed by atoms with Crippen molar-refractivity contribution in [2.75, 3.05) is 19.8 Å². The summed E-state index contributed by atoms with van der Waals surface area (Å²) in [5.74, 6) is -3.32. The molecule has 286 valence electrons. The molecule has 2 aromatic rings. The summed E-state index contributed by atoms with van der Waals surface area (Å²) in [5.41, 5.74) is -0.365. The Morgan fingerprint density at radius 3 is 2.32 bits per heavy atom. The normalized spacial score (nSPS) is 24.6. The number of esters is 1. The lowest BCUT2D eigenvalue weighted by Crippen LogP contribution is -2.62. The third kappa shape index (κ3) is 8.44. The smallest absolute Gasteiger partial charge is 0.306 e. The molecule has 10 nitrogen and oxygen atoms in total. The van der Waals surface area contributed by atoms with E-state index >= 15 is 9.59 Å². The van der Waals surface area contributed by atoms with Crippen LogP contribution in [0.4, 0.5) is 0 Å². The number of hydrogen-bond donors (Lipinski definition) is 2. The number of aliphatic hydroxyl groups excluding tert-OH is 1. The van der Waals surface area contributed by atoms with Crippen LogP contribution in [0.2, 0.25) is 0 Å². The van der Waals surface area contributed by atoms with Crippen molar-refractivity contribution in [1.29, 1.82) is 0 Å². The van der Waals surface area contributed by atoms with E-state index in [1.165, 1.54) is 0 Å². The lowest BCUT2D eigenvalue weighted by Gasteiger charge is -2.46. The highest BCUT2D eigenvalue weighted by molar-refractivity contribution is 5.99. The first-order chi connectivity index (χ1) is 25.2. The van der Waals surface area contributed by atoms with Crippen LogP contribution in [0.5, 0.6) is 0 Å². The van der Waals surface area contributed by atoms with Crippen molar-refractivity contribution in [3.63, 3.8) is 0 Å². The summed E-state index contributed by atoms with van der Waals surface area (Å²) in [6.07, 6.45) is 5.29. The van der Waals surface area contributed by atoms with Crippen molar-refractivity contribution in [3.8, 4) is 0 Å². The average Bonchev–Trinajstić information content (AvgIpc) is 3.77. The molecule has 3 amide bonds. The molecule has 1 spiro atoms. The maximum Gasteiger partial charge on any atom is 0.306 e. The highest BCUT2D eigenvalue weighted by atomic mass is 16.5. The number of amides is 3. The molecule has 3 fully saturated rings. The Morgan fingerprint density at radius 2 is 1.72 bits per heavy atom. The molecule has 0 aliphatic carbocycles. The molecule has 0 aromatic heterocycles. The summed E-state index contributed by atoms with van der Waals surface area (Å²) in [6.45, 7) is 17.8. The quantitative estimate of drug-likeness (QED) is 0.162. The fraction of sp³-hybridized carbons (Fsp3) is 0.535. The Hall–Kier alpha value is -4.28. The molecule has 5 rings (SSSR count). The molecule has 0 unspecified atom stereocenters. The molecule has 0 saturated carbocycles. The summed E-state index contributed by atoms with van der Waals surface area (Å²) in [5, 5.41) is 14.0. The molecular weight excluding hydrogens is 670 g/mol. The molecule has 3 aliphatic rings. The largest absolute Gasteiger partial charge is 0.463 e. The van der Waals surface area contributed by atoms with Gasteiger partial charge in [-0.1, -0.05) is 93.6 Å². The van der Waals surface area contributed by atoms with Gasteiger partial charge in [-0.05, 0) is 62.5 Å². The molecule has 3 aliphatic heterocycles. The van der Waals surface area contributed by atoms with Crippen molar-refractivity contribution in [1.82, 2.24) is 15.1 Å². The van der Waals surface area contributed by atoms with Crippen LogP contribution < -0.4 is 5.32 Å². The van der Waals surface area contributed by atoms with E-state index in [1.54, 1.807) is 22.0 Å². The zero-order valence-electron chi connectivity index (χ0n) is 32.0. The monoisotopic (exact) mass is 727 g/mol. The van der Waals surface area contributed by atoms with Crippen molar-refractivity contribution in [2.24, 2.45) is 17.3 Å². The number of aliphatic hydroxyl groups is 1. The first-order valence-corrected chi connectivity index (χ1v) is 18.9. The standard InChI is InChI=1S/C43H57N3O7/c1-8-10-21-34(48)52-27-32(30-19-15-12-16-20-30)44-38(49)35-33-22-23-43(53-33)36(35)39(50)46(31(26-47)25-29-17-13-11-14-18-29)37(43)40(51)45(24-9-2)42(6,7)28-41(3,4)5/h8-9,11-20,31-33,35-37,47H,1-2,10,21-28H2,3-7H3,(H,44,49)/t31-,32+,33-,35+,36+,37-,43+/m1/s1. The van der Waals surface area contributed by atoms with Crippen LogP contribution in [0, 0.1) is 17.3 Å². The van der Waals surface area contributed by atoms with Crippen LogP contribution in [-0.2, 0) is 35.1 Å². The molecule has 0 radical (unpaired) electrons. The number of allylic oxidation sites excluding steroid dienone is 1. The molecular formula is C43H57N3O7. The fourth-order valence-electron chi connectivity index (χ4n) is 9.15. The lowest BCUT2D eigenvalue weighted by molar-refractivity contribution is -0.155. The Bertz CT molecular complexity index is 1640. The van der Waals surface area contributed by atoms with E-state index in [9.17, 15) is 14.7 Å². The Morgan fingerprint density at radius 1 is 1.06 bits per heavy atom. The number of fused-ring (bicyclic) bond motifs is 1. The van der Waals surface area contributed by atoms with Gasteiger partial charge in [0, 0.05) is 18.5 Å². The number of benzene rings is 2. The molecule has 2 aromatic carbocycles. The van der Waals surface area contributed by atoms with Crippen LogP contribution in [0.3, 0.4) is 0 Å². The van der Waals surface area contributed by atoms with Gasteiger partial charge in [0.1, 0.15) is 18.2 Å². The van der Waals surface area contributed by atoms with Gasteiger partial charge in [0.05, 0.1) is 36.6 Å². The summed E-state index contributed by atoms with van der Waals surface area (Å²) in [6, 6.07) is 16.3. The van der Waals surface area contributed by atoms with Crippen LogP contribution in [-0.4, -0.2) is 87.7 Å². The maximum atomic E-state index is 15.3. The van der Waals surface area contributed by atoms with Crippen molar-refractivity contribution < 1.29 is 33.8 Å². The number of ether oxygens (including phenoxy) is 2. The van der Waals surface area contributed by atoms with Crippen molar-refractivity contribution in [3.05, 3.63) is 97.1 Å². The van der Waals surface area contributed by atoms with Crippen LogP contribution in [0.15, 0.2) is 86.0 Å². The second kappa shape index (κ2) is 16.4. The molecule has 53 heavy (non-hydrogen) atoms. The fourth-order valence-corrected chi connectivity index (χ4v) is 9.15. The second-order valence-corrected chi connectivity index (χ2v) is 16.6. The minimum absolute atomic E-state index is 0.0933. The molecule has 2 bridgehead atoms. The van der Waals surface area contributed by atoms with Gasteiger partial charge in [-0.3, -0.25) is 19.2 Å². The highest BCUT2D eigenvalue weighted by Gasteiger charge is 2.75. The second-order valence-electron chi connectivity index (χ2n) is 16.6. The van der Waals surface area contributed by atoms with Crippen LogP contribution >= 0.6 is 0 Å². The molecule has 3 saturated heterocycles. The average molecular weight is 728 g/mol. The van der Waals surface area contributed by atoms with Crippen LogP contribution in [0.25, 0.3) is 0 Å². The predicted molar refractivity (Wildman–Crippen MR) is 203 cm³/mol. The van der Waals surface area contributed by atoms with E-state index in [2.05, 4.69) is 39.2 Å². The number of rotatable bonds is 17. The van der Waals surface area contributed by atoms with Gasteiger partial charge >= 0.3 is 5.97 Å². The number of likely N-dealkylation sites (tertiary alicyclic amines) is 1. The lowest BCUT2D eigenvalue weighted by atomic mass is 9.70. The van der Waals surface area contributed by atoms with Gasteiger partial charge in [0.2, 0.25) is 17.7 Å². The molecule has 2 N–H and O–H groups in total. The Labute approximate surface area is 314 Å². The van der Waals surface area contributed by atoms with Gasteiger partial charge in [-0.25, -0.2) is 0 Å². The SMILES string of the molecule is C=CCCC(=O)OC[C@H](NC(=O)[C@@H]1[C@H]2C(=O)N([C@@H](CO)Cc3ccccc3)[C@H](C(=O)N(CC=C)C(C)(C)CC(C)(C)C)[C@]23CC[C@H]1O3)c1ccccc1. The van der Waals surface area contributed by atoms with Crippen LogP contribution in [0.1, 0.15) is 83.9 Å². The van der Waals surface area contributed by atoms with Crippen molar-refractivity contribution in [2.45, 2.75) is 109 Å². The summed E-state index contributed by atoms with van der Waals surface area (Å²) < 4.78 is 12.4. The van der Waals surface area contributed by atoms with E-state index in [4.69, 9.17) is 9.47 Å². The van der Waals surface area contributed by atoms with E-state index in [-0.39, 0.29) is 43.4 Å². The van der Waals surface area contributed by atoms with Gasteiger partial charge in [0.15, 0.2) is 0 Å². The van der Waals surface area contributed by atoms with E-state index in [0.29, 0.717) is 32.1 Å². The van der Waals surface area contributed by atoms with Crippen molar-refractivity contribution >= 4 is 23.7 Å². The third-order valence-electron chi connectivity index (χ3n) is 10.9. The predicted octanol–water partition coefficient (Wildman–Crippen LogP) is 5.56. The third-order valence-corrected chi connectivity index (χ3v) is 10.9. The van der Waals surface area contributed by atoms with Gasteiger partial charge < -0.3 is 29.7 Å². The molecule has 3 heterocycles. The van der Waals surface area contributed by atoms with Gasteiger partial charge in [0.25, 0.3) is 0 Å². The zero-order valence-corrected chi connectivity index (χ0v) is 32.0. The van der Waals surface area contributed by atoms with Gasteiger partial charge in [-0.15, -0.1) is 13.2 Å². The first kappa shape index (κ1) is 39.9. The van der Waals surface area contributed by atoms with E-state index in [0.717, 1.165) is 11.1 Å². The topological polar surface area (TPSA) is 125 Å². The number of carbonyl (C=O) groups excluding carboxylic acids is 4. The number of carbonyl (C=O) groups is 4. The summed E-state index contributed by atoms with van der Waals surface area (Å²) >= 11 is 0. The highest BCUT2D eigenvalue weighted by Crippen LogP contribution is 2.59. The first-order valence-electron chi connectivity index (χ1n) is 18.9. The zero-order chi connectivity index (χ0) is 38.6. The van der Waals surface area contributed by atoms with E-state index in [1.807, 2.05) is 74.5 Å². The molecule has 10 heteroatoms. The Kier molecular flexibility index (Phi) is 12.3. The Balaban J connectivity index is 1.53. The summed E-state index contributed by atoms with van der Waals surface area (Å²) in [7, 11) is 0. The number of nitrogens with zero attached hydrogens (tertiary/aromatic N) is 2. The van der Waals surface area contributed by atoms with Gasteiger partial charge in [-0.2, -0.15) is 0 Å². The number of nitrogens with one attached hydrogen (secondary N) is 1. The summed E-state index contributed by atoms with van der Waals surface area (Å²) in [4.78, 5) is 60.6. The van der Waals surface area contributed by atoms with E-state index < -0.39 is 59.1 Å². The minimum atomic E-state index is -1.28.